The van der Waals surface area contributed by atoms with Gasteiger partial charge in [0.05, 0.1) is 12.0 Å². The van der Waals surface area contributed by atoms with E-state index in [1.165, 1.54) is 0 Å². The van der Waals surface area contributed by atoms with E-state index in [4.69, 9.17) is 4.42 Å². The third-order valence-electron chi connectivity index (χ3n) is 2.94. The van der Waals surface area contributed by atoms with Crippen LogP contribution in [0, 0.1) is 18.3 Å². The number of aryl methyl sites for hydroxylation is 1. The van der Waals surface area contributed by atoms with Crippen molar-refractivity contribution in [3.63, 3.8) is 0 Å². The molecule has 1 aromatic carbocycles. The molecular formula is C14H11N3O. The van der Waals surface area contributed by atoms with Crippen LogP contribution in [-0.2, 0) is 0 Å². The van der Waals surface area contributed by atoms with Gasteiger partial charge in [-0.2, -0.15) is 5.26 Å². The summed E-state index contributed by atoms with van der Waals surface area (Å²) in [5.74, 6) is 0.356. The third-order valence-corrected chi connectivity index (χ3v) is 2.94. The van der Waals surface area contributed by atoms with Crippen LogP contribution < -0.4 is 0 Å². The molecule has 0 bridgehead atoms. The highest BCUT2D eigenvalue weighted by Gasteiger charge is 2.15. The van der Waals surface area contributed by atoms with Crippen LogP contribution in [0.4, 0.5) is 0 Å². The van der Waals surface area contributed by atoms with Gasteiger partial charge in [0.25, 0.3) is 0 Å². The predicted molar refractivity (Wildman–Crippen MR) is 67.0 cm³/mol. The number of aromatic nitrogens is 2. The normalized spacial score (nSPS) is 12.4. The van der Waals surface area contributed by atoms with Gasteiger partial charge in [-0.3, -0.25) is 0 Å². The first-order valence-corrected chi connectivity index (χ1v) is 5.67. The molecule has 0 saturated heterocycles. The van der Waals surface area contributed by atoms with Crippen molar-refractivity contribution in [2.75, 3.05) is 0 Å². The molecule has 0 fully saturated rings. The predicted octanol–water partition coefficient (Wildman–Crippen LogP) is 3.12. The number of nitriles is 1. The molecule has 0 aliphatic rings. The van der Waals surface area contributed by atoms with Crippen molar-refractivity contribution in [2.24, 2.45) is 0 Å². The van der Waals surface area contributed by atoms with Crippen LogP contribution >= 0.6 is 0 Å². The van der Waals surface area contributed by atoms with Gasteiger partial charge in [-0.15, -0.1) is 0 Å². The number of H-pyrrole nitrogens is 1. The molecule has 0 aliphatic heterocycles. The van der Waals surface area contributed by atoms with Gasteiger partial charge in [-0.25, -0.2) is 4.98 Å². The van der Waals surface area contributed by atoms with E-state index in [9.17, 15) is 5.26 Å². The van der Waals surface area contributed by atoms with Crippen molar-refractivity contribution >= 4 is 11.1 Å². The Morgan fingerprint density at radius 1 is 1.33 bits per heavy atom. The SMILES string of the molecule is Cc1nc2cc(C(C#N)c3cc[nH]c3)ccc2o1. The first-order valence-electron chi connectivity index (χ1n) is 5.67. The summed E-state index contributed by atoms with van der Waals surface area (Å²) in [4.78, 5) is 7.26. The Morgan fingerprint density at radius 3 is 2.94 bits per heavy atom. The number of fused-ring (bicyclic) bond motifs is 1. The van der Waals surface area contributed by atoms with Crippen molar-refractivity contribution in [3.05, 3.63) is 53.7 Å². The Bertz CT molecular complexity index is 719. The van der Waals surface area contributed by atoms with Crippen molar-refractivity contribution in [1.82, 2.24) is 9.97 Å². The zero-order chi connectivity index (χ0) is 12.5. The molecule has 3 rings (SSSR count). The highest BCUT2D eigenvalue weighted by Crippen LogP contribution is 2.26. The molecule has 1 unspecified atom stereocenters. The lowest BCUT2D eigenvalue weighted by atomic mass is 9.94. The lowest BCUT2D eigenvalue weighted by Gasteiger charge is -2.06. The monoisotopic (exact) mass is 237 g/mol. The Balaban J connectivity index is 2.10. The number of rotatable bonds is 2. The first-order chi connectivity index (χ1) is 8.78. The Morgan fingerprint density at radius 2 is 2.22 bits per heavy atom. The second-order valence-corrected chi connectivity index (χ2v) is 4.17. The van der Waals surface area contributed by atoms with Crippen molar-refractivity contribution in [1.29, 1.82) is 5.26 Å². The summed E-state index contributed by atoms with van der Waals surface area (Å²) < 4.78 is 5.43. The quantitative estimate of drug-likeness (QED) is 0.744. The van der Waals surface area contributed by atoms with Gasteiger partial charge < -0.3 is 9.40 Å². The van der Waals surface area contributed by atoms with Crippen LogP contribution in [-0.4, -0.2) is 9.97 Å². The fraction of sp³-hybridized carbons (Fsp3) is 0.143. The van der Waals surface area contributed by atoms with Gasteiger partial charge in [0.2, 0.25) is 0 Å². The number of aromatic amines is 1. The van der Waals surface area contributed by atoms with Gasteiger partial charge in [0.15, 0.2) is 11.5 Å². The molecule has 4 heteroatoms. The maximum atomic E-state index is 9.32. The molecule has 88 valence electrons. The van der Waals surface area contributed by atoms with E-state index >= 15 is 0 Å². The Kier molecular flexibility index (Phi) is 2.38. The zero-order valence-electron chi connectivity index (χ0n) is 9.84. The summed E-state index contributed by atoms with van der Waals surface area (Å²) >= 11 is 0. The second kappa shape index (κ2) is 4.04. The van der Waals surface area contributed by atoms with Crippen LogP contribution in [0.1, 0.15) is 22.9 Å². The Hall–Kier alpha value is -2.54. The molecule has 18 heavy (non-hydrogen) atoms. The molecule has 0 radical (unpaired) electrons. The average Bonchev–Trinajstić information content (AvgIpc) is 2.97. The van der Waals surface area contributed by atoms with Crippen LogP contribution in [0.15, 0.2) is 41.1 Å². The first kappa shape index (κ1) is 10.6. The van der Waals surface area contributed by atoms with Crippen molar-refractivity contribution in [2.45, 2.75) is 12.8 Å². The number of hydrogen-bond acceptors (Lipinski definition) is 3. The fourth-order valence-electron chi connectivity index (χ4n) is 2.10. The summed E-state index contributed by atoms with van der Waals surface area (Å²) in [7, 11) is 0. The zero-order valence-corrected chi connectivity index (χ0v) is 9.84. The molecule has 2 aromatic heterocycles. The molecule has 0 saturated carbocycles. The molecule has 4 nitrogen and oxygen atoms in total. The van der Waals surface area contributed by atoms with E-state index in [1.54, 1.807) is 0 Å². The number of hydrogen-bond donors (Lipinski definition) is 1. The third kappa shape index (κ3) is 1.66. The molecule has 1 atom stereocenters. The maximum Gasteiger partial charge on any atom is 0.192 e. The van der Waals surface area contributed by atoms with Gasteiger partial charge >= 0.3 is 0 Å². The van der Waals surface area contributed by atoms with Crippen LogP contribution in [0.2, 0.25) is 0 Å². The molecule has 0 aliphatic carbocycles. The van der Waals surface area contributed by atoms with Crippen LogP contribution in [0.3, 0.4) is 0 Å². The van der Waals surface area contributed by atoms with Gasteiger partial charge in [0.1, 0.15) is 5.52 Å². The number of nitrogens with zero attached hydrogens (tertiary/aromatic N) is 2. The summed E-state index contributed by atoms with van der Waals surface area (Å²) in [6.07, 6.45) is 3.66. The number of benzene rings is 1. The van der Waals surface area contributed by atoms with Crippen LogP contribution in [0.25, 0.3) is 11.1 Å². The van der Waals surface area contributed by atoms with E-state index in [0.717, 1.165) is 22.2 Å². The average molecular weight is 237 g/mol. The molecule has 0 spiro atoms. The molecule has 1 N–H and O–H groups in total. The van der Waals surface area contributed by atoms with E-state index in [-0.39, 0.29) is 5.92 Å². The van der Waals surface area contributed by atoms with Crippen LogP contribution in [0.5, 0.6) is 0 Å². The molecular weight excluding hydrogens is 226 g/mol. The fourth-order valence-corrected chi connectivity index (χ4v) is 2.10. The minimum atomic E-state index is -0.280. The van der Waals surface area contributed by atoms with Gasteiger partial charge in [0, 0.05) is 19.3 Å². The molecule has 2 heterocycles. The summed E-state index contributed by atoms with van der Waals surface area (Å²) in [5.41, 5.74) is 3.43. The molecule has 0 amide bonds. The highest BCUT2D eigenvalue weighted by molar-refractivity contribution is 5.74. The van der Waals surface area contributed by atoms with Crippen molar-refractivity contribution < 1.29 is 4.42 Å². The largest absolute Gasteiger partial charge is 0.441 e. The van der Waals surface area contributed by atoms with E-state index in [0.29, 0.717) is 5.89 Å². The minimum absolute atomic E-state index is 0.280. The smallest absolute Gasteiger partial charge is 0.192 e. The lowest BCUT2D eigenvalue weighted by molar-refractivity contribution is 0.561. The van der Waals surface area contributed by atoms with Gasteiger partial charge in [-0.1, -0.05) is 6.07 Å². The second-order valence-electron chi connectivity index (χ2n) is 4.17. The van der Waals surface area contributed by atoms with E-state index in [1.807, 2.05) is 43.6 Å². The number of nitrogens with one attached hydrogen (secondary N) is 1. The standard InChI is InChI=1S/C14H11N3O/c1-9-17-13-6-10(2-3-14(13)18-9)12(7-15)11-4-5-16-8-11/h2-6,8,12,16H,1H3. The highest BCUT2D eigenvalue weighted by atomic mass is 16.3. The summed E-state index contributed by atoms with van der Waals surface area (Å²) in [5, 5.41) is 9.32. The van der Waals surface area contributed by atoms with Gasteiger partial charge in [-0.05, 0) is 29.3 Å². The number of oxazole rings is 1. The topological polar surface area (TPSA) is 65.6 Å². The van der Waals surface area contributed by atoms with E-state index < -0.39 is 0 Å². The van der Waals surface area contributed by atoms with Crippen molar-refractivity contribution in [3.8, 4) is 6.07 Å². The summed E-state index contributed by atoms with van der Waals surface area (Å²) in [6.45, 7) is 1.81. The summed E-state index contributed by atoms with van der Waals surface area (Å²) in [6, 6.07) is 9.91. The lowest BCUT2D eigenvalue weighted by Crippen LogP contribution is -1.96. The maximum absolute atomic E-state index is 9.32. The van der Waals surface area contributed by atoms with E-state index in [2.05, 4.69) is 16.0 Å². The minimum Gasteiger partial charge on any atom is -0.441 e. The Labute approximate surface area is 104 Å². The molecule has 3 aromatic rings.